The van der Waals surface area contributed by atoms with Crippen molar-refractivity contribution in [1.82, 2.24) is 0 Å². The van der Waals surface area contributed by atoms with Gasteiger partial charge < -0.3 is 4.90 Å². The lowest BCUT2D eigenvalue weighted by molar-refractivity contribution is -0.384. The van der Waals surface area contributed by atoms with E-state index in [1.54, 1.807) is 6.07 Å². The summed E-state index contributed by atoms with van der Waals surface area (Å²) in [6.07, 6.45) is 0. The number of benzene rings is 1. The van der Waals surface area contributed by atoms with Gasteiger partial charge in [0.05, 0.1) is 4.92 Å². The summed E-state index contributed by atoms with van der Waals surface area (Å²) in [5.41, 5.74) is 1.75. The van der Waals surface area contributed by atoms with Gasteiger partial charge in [-0.1, -0.05) is 0 Å². The first kappa shape index (κ1) is 10.8. The number of nitrogens with zero attached hydrogens (tertiary/aromatic N) is 2. The van der Waals surface area contributed by atoms with Crippen LogP contribution in [0.3, 0.4) is 0 Å². The number of hydrogen-bond acceptors (Lipinski definition) is 3. The fourth-order valence-electron chi connectivity index (χ4n) is 1.23. The average Bonchev–Trinajstić information content (AvgIpc) is 2.16. The largest absolute Gasteiger partial charge is 0.377 e. The van der Waals surface area contributed by atoms with Gasteiger partial charge in [0.15, 0.2) is 0 Å². The highest BCUT2D eigenvalue weighted by Crippen LogP contribution is 2.25. The van der Waals surface area contributed by atoms with Crippen LogP contribution in [-0.2, 0) is 5.88 Å². The van der Waals surface area contributed by atoms with E-state index in [1.165, 1.54) is 12.1 Å². The molecule has 0 heterocycles. The van der Waals surface area contributed by atoms with Gasteiger partial charge >= 0.3 is 0 Å². The van der Waals surface area contributed by atoms with E-state index < -0.39 is 4.92 Å². The second-order valence-corrected chi connectivity index (χ2v) is 3.37. The van der Waals surface area contributed by atoms with E-state index in [4.69, 9.17) is 11.6 Å². The third kappa shape index (κ3) is 2.14. The van der Waals surface area contributed by atoms with Crippen molar-refractivity contribution in [2.75, 3.05) is 19.0 Å². The standard InChI is InChI=1S/C9H11ClN2O2/c1-11(2)9-4-3-8(12(13)14)5-7(9)6-10/h3-5H,6H2,1-2H3. The van der Waals surface area contributed by atoms with Gasteiger partial charge in [0.1, 0.15) is 0 Å². The Kier molecular flexibility index (Phi) is 3.30. The maximum atomic E-state index is 10.5. The third-order valence-electron chi connectivity index (χ3n) is 1.90. The topological polar surface area (TPSA) is 46.4 Å². The minimum absolute atomic E-state index is 0.0752. The highest BCUT2D eigenvalue weighted by Gasteiger charge is 2.10. The van der Waals surface area contributed by atoms with Crippen LogP contribution < -0.4 is 4.90 Å². The lowest BCUT2D eigenvalue weighted by Crippen LogP contribution is -2.10. The van der Waals surface area contributed by atoms with E-state index in [9.17, 15) is 10.1 Å². The molecule has 14 heavy (non-hydrogen) atoms. The lowest BCUT2D eigenvalue weighted by atomic mass is 10.1. The van der Waals surface area contributed by atoms with Crippen LogP contribution in [0.25, 0.3) is 0 Å². The second-order valence-electron chi connectivity index (χ2n) is 3.10. The zero-order valence-electron chi connectivity index (χ0n) is 8.03. The first-order valence-corrected chi connectivity index (χ1v) is 4.60. The van der Waals surface area contributed by atoms with Crippen molar-refractivity contribution in [3.63, 3.8) is 0 Å². The molecule has 1 aromatic rings. The quantitative estimate of drug-likeness (QED) is 0.441. The summed E-state index contributed by atoms with van der Waals surface area (Å²) in [5, 5.41) is 10.5. The Morgan fingerprint density at radius 1 is 1.50 bits per heavy atom. The van der Waals surface area contributed by atoms with E-state index in [2.05, 4.69) is 0 Å². The van der Waals surface area contributed by atoms with Crippen molar-refractivity contribution >= 4 is 23.0 Å². The highest BCUT2D eigenvalue weighted by atomic mass is 35.5. The van der Waals surface area contributed by atoms with Crippen LogP contribution in [0.5, 0.6) is 0 Å². The number of nitro benzene ring substituents is 1. The Morgan fingerprint density at radius 2 is 2.14 bits per heavy atom. The van der Waals surface area contributed by atoms with Gasteiger partial charge in [0.2, 0.25) is 0 Å². The summed E-state index contributed by atoms with van der Waals surface area (Å²) >= 11 is 5.70. The predicted octanol–water partition coefficient (Wildman–Crippen LogP) is 2.40. The SMILES string of the molecule is CN(C)c1ccc([N+](=O)[O-])cc1CCl. The van der Waals surface area contributed by atoms with Gasteiger partial charge in [-0.3, -0.25) is 10.1 Å². The minimum atomic E-state index is -0.421. The van der Waals surface area contributed by atoms with Crippen molar-refractivity contribution in [3.8, 4) is 0 Å². The first-order valence-electron chi connectivity index (χ1n) is 4.07. The van der Waals surface area contributed by atoms with Crippen LogP contribution in [0, 0.1) is 10.1 Å². The Hall–Kier alpha value is -1.29. The number of nitro groups is 1. The van der Waals surface area contributed by atoms with Gasteiger partial charge in [-0.25, -0.2) is 0 Å². The number of halogens is 1. The summed E-state index contributed by atoms with van der Waals surface area (Å²) in [6, 6.07) is 4.68. The minimum Gasteiger partial charge on any atom is -0.377 e. The normalized spacial score (nSPS) is 9.93. The smallest absolute Gasteiger partial charge is 0.269 e. The molecular weight excluding hydrogens is 204 g/mol. The molecule has 0 unspecified atom stereocenters. The molecule has 1 aromatic carbocycles. The Bertz CT molecular complexity index is 353. The van der Waals surface area contributed by atoms with Crippen molar-refractivity contribution in [2.24, 2.45) is 0 Å². The molecule has 0 aliphatic rings. The summed E-state index contributed by atoms with van der Waals surface area (Å²) in [7, 11) is 3.74. The van der Waals surface area contributed by atoms with Gasteiger partial charge in [-0.15, -0.1) is 11.6 Å². The summed E-state index contributed by atoms with van der Waals surface area (Å²) in [4.78, 5) is 12.0. The molecule has 0 saturated heterocycles. The van der Waals surface area contributed by atoms with Crippen molar-refractivity contribution < 1.29 is 4.92 Å². The molecule has 0 saturated carbocycles. The number of anilines is 1. The summed E-state index contributed by atoms with van der Waals surface area (Å²) < 4.78 is 0. The van der Waals surface area contributed by atoms with Crippen LogP contribution in [0.4, 0.5) is 11.4 Å². The molecule has 0 radical (unpaired) electrons. The van der Waals surface area contributed by atoms with E-state index in [0.717, 1.165) is 11.3 Å². The molecule has 0 aliphatic heterocycles. The number of rotatable bonds is 3. The lowest BCUT2D eigenvalue weighted by Gasteiger charge is -2.15. The number of hydrogen-bond donors (Lipinski definition) is 0. The number of non-ortho nitro benzene ring substituents is 1. The molecule has 0 fully saturated rings. The molecule has 1 rings (SSSR count). The average molecular weight is 215 g/mol. The molecule has 0 aliphatic carbocycles. The van der Waals surface area contributed by atoms with E-state index in [-0.39, 0.29) is 11.6 Å². The van der Waals surface area contributed by atoms with Crippen molar-refractivity contribution in [1.29, 1.82) is 0 Å². The predicted molar refractivity (Wildman–Crippen MR) is 57.0 cm³/mol. The highest BCUT2D eigenvalue weighted by molar-refractivity contribution is 6.17. The second kappa shape index (κ2) is 4.28. The van der Waals surface area contributed by atoms with Crippen LogP contribution in [0.2, 0.25) is 0 Å². The maximum Gasteiger partial charge on any atom is 0.269 e. The molecule has 0 spiro atoms. The Labute approximate surface area is 87.2 Å². The molecule has 5 heteroatoms. The molecule has 0 aromatic heterocycles. The first-order chi connectivity index (χ1) is 6.56. The fourth-order valence-corrected chi connectivity index (χ4v) is 1.44. The van der Waals surface area contributed by atoms with E-state index >= 15 is 0 Å². The molecule has 76 valence electrons. The van der Waals surface area contributed by atoms with Crippen LogP contribution >= 0.6 is 11.6 Å². The summed E-state index contributed by atoms with van der Waals surface area (Å²) in [5.74, 6) is 0.273. The zero-order chi connectivity index (χ0) is 10.7. The van der Waals surface area contributed by atoms with E-state index in [0.29, 0.717) is 0 Å². The molecule has 0 bridgehead atoms. The summed E-state index contributed by atoms with van der Waals surface area (Å²) in [6.45, 7) is 0. The van der Waals surface area contributed by atoms with Crippen LogP contribution in [-0.4, -0.2) is 19.0 Å². The zero-order valence-corrected chi connectivity index (χ0v) is 8.78. The molecule has 0 atom stereocenters. The Balaban J connectivity index is 3.18. The van der Waals surface area contributed by atoms with Gasteiger partial charge in [0, 0.05) is 37.8 Å². The van der Waals surface area contributed by atoms with Gasteiger partial charge in [-0.05, 0) is 11.6 Å². The van der Waals surface area contributed by atoms with Crippen LogP contribution in [0.1, 0.15) is 5.56 Å². The molecule has 0 N–H and O–H groups in total. The fraction of sp³-hybridized carbons (Fsp3) is 0.333. The van der Waals surface area contributed by atoms with Crippen molar-refractivity contribution in [2.45, 2.75) is 5.88 Å². The Morgan fingerprint density at radius 3 is 2.57 bits per heavy atom. The monoisotopic (exact) mass is 214 g/mol. The molecule has 0 amide bonds. The van der Waals surface area contributed by atoms with Crippen molar-refractivity contribution in [3.05, 3.63) is 33.9 Å². The van der Waals surface area contributed by atoms with E-state index in [1.807, 2.05) is 19.0 Å². The maximum absolute atomic E-state index is 10.5. The van der Waals surface area contributed by atoms with Gasteiger partial charge in [-0.2, -0.15) is 0 Å². The number of alkyl halides is 1. The molecule has 4 nitrogen and oxygen atoms in total. The third-order valence-corrected chi connectivity index (χ3v) is 2.19. The van der Waals surface area contributed by atoms with Crippen LogP contribution in [0.15, 0.2) is 18.2 Å². The molecular formula is C9H11ClN2O2. The van der Waals surface area contributed by atoms with Gasteiger partial charge in [0.25, 0.3) is 5.69 Å².